The van der Waals surface area contributed by atoms with E-state index in [9.17, 15) is 0 Å². The number of aliphatic hydroxyl groups is 1. The molecule has 1 aromatic heterocycles. The summed E-state index contributed by atoms with van der Waals surface area (Å²) in [5, 5.41) is 11.8. The van der Waals surface area contributed by atoms with Crippen LogP contribution in [0.25, 0.3) is 11.3 Å². The van der Waals surface area contributed by atoms with Crippen molar-refractivity contribution in [1.82, 2.24) is 9.97 Å². The number of rotatable bonds is 5. The number of anilines is 1. The Hall–Kier alpha value is -1.59. The molecule has 0 saturated heterocycles. The molecule has 1 aromatic carbocycles. The Balaban J connectivity index is 2.32. The van der Waals surface area contributed by atoms with E-state index in [2.05, 4.69) is 21.4 Å². The third-order valence-corrected chi connectivity index (χ3v) is 3.26. The lowest BCUT2D eigenvalue weighted by atomic mass is 10.1. The quantitative estimate of drug-likeness (QED) is 0.809. The van der Waals surface area contributed by atoms with E-state index in [0.717, 1.165) is 17.1 Å². The minimum atomic E-state index is 0.0841. The van der Waals surface area contributed by atoms with Gasteiger partial charge in [-0.15, -0.1) is 11.8 Å². The highest BCUT2D eigenvalue weighted by atomic mass is 32.2. The average Bonchev–Trinajstić information content (AvgIpc) is 2.45. The molecular weight excluding hydrogens is 246 g/mol. The van der Waals surface area contributed by atoms with Crippen molar-refractivity contribution >= 4 is 17.6 Å². The normalized spacial score (nSPS) is 10.3. The van der Waals surface area contributed by atoms with Crippen LogP contribution in [-0.4, -0.2) is 34.5 Å². The predicted molar refractivity (Wildman–Crippen MR) is 74.8 cm³/mol. The van der Waals surface area contributed by atoms with E-state index >= 15 is 0 Å². The van der Waals surface area contributed by atoms with Gasteiger partial charge in [-0.3, -0.25) is 0 Å². The highest BCUT2D eigenvalue weighted by Crippen LogP contribution is 2.29. The van der Waals surface area contributed by atoms with Gasteiger partial charge in [0.05, 0.1) is 12.3 Å². The molecule has 0 aliphatic carbocycles. The Labute approximate surface area is 110 Å². The van der Waals surface area contributed by atoms with Crippen molar-refractivity contribution in [3.8, 4) is 11.3 Å². The van der Waals surface area contributed by atoms with Gasteiger partial charge in [0.15, 0.2) is 0 Å². The van der Waals surface area contributed by atoms with Crippen LogP contribution in [0.4, 0.5) is 5.82 Å². The molecule has 0 fully saturated rings. The molecule has 2 N–H and O–H groups in total. The van der Waals surface area contributed by atoms with Gasteiger partial charge < -0.3 is 10.4 Å². The minimum absolute atomic E-state index is 0.0841. The van der Waals surface area contributed by atoms with E-state index in [1.165, 1.54) is 11.2 Å². The van der Waals surface area contributed by atoms with Crippen LogP contribution in [0.2, 0.25) is 0 Å². The lowest BCUT2D eigenvalue weighted by Gasteiger charge is -2.08. The van der Waals surface area contributed by atoms with Crippen LogP contribution in [0.15, 0.2) is 41.6 Å². The van der Waals surface area contributed by atoms with Crippen molar-refractivity contribution in [2.45, 2.75) is 4.90 Å². The molecule has 0 spiro atoms. The molecular formula is C13H15N3OS. The van der Waals surface area contributed by atoms with Gasteiger partial charge in [-0.1, -0.05) is 18.2 Å². The van der Waals surface area contributed by atoms with E-state index in [0.29, 0.717) is 6.54 Å². The fourth-order valence-electron chi connectivity index (χ4n) is 1.64. The number of benzene rings is 1. The fraction of sp³-hybridized carbons (Fsp3) is 0.231. The van der Waals surface area contributed by atoms with Gasteiger partial charge in [0.1, 0.15) is 12.1 Å². The highest BCUT2D eigenvalue weighted by Gasteiger charge is 2.06. The maximum atomic E-state index is 8.79. The highest BCUT2D eigenvalue weighted by molar-refractivity contribution is 7.98. The number of aromatic nitrogens is 2. The Morgan fingerprint density at radius 1 is 1.28 bits per heavy atom. The van der Waals surface area contributed by atoms with Crippen LogP contribution in [0.5, 0.6) is 0 Å². The second kappa shape index (κ2) is 6.37. The van der Waals surface area contributed by atoms with Gasteiger partial charge >= 0.3 is 0 Å². The van der Waals surface area contributed by atoms with Gasteiger partial charge in [0.2, 0.25) is 0 Å². The number of aliphatic hydroxyl groups excluding tert-OH is 1. The van der Waals surface area contributed by atoms with E-state index in [1.54, 1.807) is 11.8 Å². The topological polar surface area (TPSA) is 58.0 Å². The van der Waals surface area contributed by atoms with Crippen LogP contribution in [0.1, 0.15) is 0 Å². The molecule has 0 atom stereocenters. The van der Waals surface area contributed by atoms with Gasteiger partial charge in [-0.2, -0.15) is 0 Å². The molecule has 1 heterocycles. The molecule has 2 aromatic rings. The summed E-state index contributed by atoms with van der Waals surface area (Å²) in [5.74, 6) is 0.727. The van der Waals surface area contributed by atoms with Crippen LogP contribution >= 0.6 is 11.8 Å². The van der Waals surface area contributed by atoms with E-state index in [-0.39, 0.29) is 6.61 Å². The summed E-state index contributed by atoms with van der Waals surface area (Å²) >= 11 is 1.69. The first-order valence-corrected chi connectivity index (χ1v) is 6.88. The number of thioether (sulfide) groups is 1. The van der Waals surface area contributed by atoms with Crippen molar-refractivity contribution in [3.63, 3.8) is 0 Å². The van der Waals surface area contributed by atoms with E-state index in [1.807, 2.05) is 30.5 Å². The molecule has 94 valence electrons. The van der Waals surface area contributed by atoms with Gasteiger partial charge in [0, 0.05) is 23.1 Å². The smallest absolute Gasteiger partial charge is 0.130 e. The summed E-state index contributed by atoms with van der Waals surface area (Å²) in [7, 11) is 0. The van der Waals surface area contributed by atoms with Crippen molar-refractivity contribution < 1.29 is 5.11 Å². The molecule has 2 rings (SSSR count). The molecule has 0 saturated carbocycles. The molecule has 0 amide bonds. The number of hydrogen-bond donors (Lipinski definition) is 2. The summed E-state index contributed by atoms with van der Waals surface area (Å²) in [6.07, 6.45) is 3.58. The third-order valence-electron chi connectivity index (χ3n) is 2.47. The summed E-state index contributed by atoms with van der Waals surface area (Å²) in [5.41, 5.74) is 1.98. The van der Waals surface area contributed by atoms with Crippen molar-refractivity contribution in [2.75, 3.05) is 24.7 Å². The van der Waals surface area contributed by atoms with E-state index < -0.39 is 0 Å². The van der Waals surface area contributed by atoms with Crippen molar-refractivity contribution in [3.05, 3.63) is 36.7 Å². The largest absolute Gasteiger partial charge is 0.395 e. The Bertz CT molecular complexity index is 519. The molecule has 0 aliphatic heterocycles. The van der Waals surface area contributed by atoms with Crippen molar-refractivity contribution in [1.29, 1.82) is 0 Å². The first kappa shape index (κ1) is 12.9. The average molecular weight is 261 g/mol. The van der Waals surface area contributed by atoms with Gasteiger partial charge in [-0.05, 0) is 12.3 Å². The summed E-state index contributed by atoms with van der Waals surface area (Å²) in [6, 6.07) is 10.0. The zero-order valence-electron chi connectivity index (χ0n) is 10.1. The number of nitrogens with one attached hydrogen (secondary N) is 1. The second-order valence-corrected chi connectivity index (χ2v) is 4.49. The maximum absolute atomic E-state index is 8.79. The van der Waals surface area contributed by atoms with Crippen LogP contribution in [0, 0.1) is 0 Å². The summed E-state index contributed by atoms with van der Waals surface area (Å²) < 4.78 is 0. The third kappa shape index (κ3) is 3.00. The maximum Gasteiger partial charge on any atom is 0.130 e. The molecule has 0 bridgehead atoms. The Kier molecular flexibility index (Phi) is 4.55. The Morgan fingerprint density at radius 2 is 2.11 bits per heavy atom. The SMILES string of the molecule is CSc1ccccc1-c1cc(NCCO)ncn1. The van der Waals surface area contributed by atoms with Crippen molar-refractivity contribution in [2.24, 2.45) is 0 Å². The molecule has 0 unspecified atom stereocenters. The van der Waals surface area contributed by atoms with Crippen LogP contribution in [-0.2, 0) is 0 Å². The van der Waals surface area contributed by atoms with Crippen LogP contribution < -0.4 is 5.32 Å². The molecule has 18 heavy (non-hydrogen) atoms. The van der Waals surface area contributed by atoms with E-state index in [4.69, 9.17) is 5.11 Å². The summed E-state index contributed by atoms with van der Waals surface area (Å²) in [4.78, 5) is 9.60. The predicted octanol–water partition coefficient (Wildman–Crippen LogP) is 2.27. The fourth-order valence-corrected chi connectivity index (χ4v) is 2.25. The monoisotopic (exact) mass is 261 g/mol. The molecule has 4 nitrogen and oxygen atoms in total. The van der Waals surface area contributed by atoms with Gasteiger partial charge in [0.25, 0.3) is 0 Å². The first-order valence-electron chi connectivity index (χ1n) is 5.65. The zero-order valence-corrected chi connectivity index (χ0v) is 10.9. The molecule has 0 aliphatic rings. The van der Waals surface area contributed by atoms with Gasteiger partial charge in [-0.25, -0.2) is 9.97 Å². The number of hydrogen-bond acceptors (Lipinski definition) is 5. The lowest BCUT2D eigenvalue weighted by Crippen LogP contribution is -2.07. The standard InChI is InChI=1S/C13H15N3OS/c1-18-12-5-3-2-4-10(12)11-8-13(14-6-7-17)16-9-15-11/h2-5,8-9,17H,6-7H2,1H3,(H,14,15,16). The van der Waals surface area contributed by atoms with Crippen LogP contribution in [0.3, 0.4) is 0 Å². The zero-order chi connectivity index (χ0) is 12.8. The molecule has 5 heteroatoms. The number of nitrogens with zero attached hydrogens (tertiary/aromatic N) is 2. The lowest BCUT2D eigenvalue weighted by molar-refractivity contribution is 0.311. The Morgan fingerprint density at radius 3 is 2.89 bits per heavy atom. The molecule has 0 radical (unpaired) electrons. The summed E-state index contributed by atoms with van der Waals surface area (Å²) in [6.45, 7) is 0.571. The first-order chi connectivity index (χ1) is 8.85. The minimum Gasteiger partial charge on any atom is -0.395 e. The second-order valence-electron chi connectivity index (χ2n) is 3.64.